The number of likely N-dealkylation sites (tertiary alicyclic amines) is 1. The molecule has 1 aliphatic heterocycles. The average Bonchev–Trinajstić information content (AvgIpc) is 2.68. The largest absolute Gasteiger partial charge is 0.472 e. The van der Waals surface area contributed by atoms with E-state index in [4.69, 9.17) is 10.5 Å². The number of benzene rings is 2. The van der Waals surface area contributed by atoms with Crippen LogP contribution >= 0.6 is 0 Å². The zero-order chi connectivity index (χ0) is 17.8. The lowest BCUT2D eigenvalue weighted by Gasteiger charge is -2.44. The molecule has 0 spiro atoms. The highest BCUT2D eigenvalue weighted by molar-refractivity contribution is 5.32. The van der Waals surface area contributed by atoms with Gasteiger partial charge in [-0.25, -0.2) is 4.98 Å². The molecule has 0 radical (unpaired) electrons. The molecular formula is C22H23N3O. The number of hydrogen-bond acceptors (Lipinski definition) is 4. The zero-order valence-corrected chi connectivity index (χ0v) is 14.7. The van der Waals surface area contributed by atoms with E-state index >= 15 is 0 Å². The highest BCUT2D eigenvalue weighted by Gasteiger charge is 2.35. The number of nitrogens with zero attached hydrogens (tertiary/aromatic N) is 2. The van der Waals surface area contributed by atoms with Crippen molar-refractivity contribution in [2.24, 2.45) is 5.73 Å². The van der Waals surface area contributed by atoms with Crippen LogP contribution in [0.25, 0.3) is 0 Å². The molecule has 0 aliphatic carbocycles. The highest BCUT2D eigenvalue weighted by Crippen LogP contribution is 2.33. The molecule has 3 aromatic rings. The van der Waals surface area contributed by atoms with Gasteiger partial charge >= 0.3 is 0 Å². The standard InChI is InChI=1S/C22H23N3O/c23-14-17-11-12-24-21(13-17)26-20-15-25(16-20)22(18-7-3-1-4-8-18)19-9-5-2-6-10-19/h1-13,20,22H,14-16,23H2. The molecule has 1 aromatic heterocycles. The van der Waals surface area contributed by atoms with Crippen molar-refractivity contribution in [1.82, 2.24) is 9.88 Å². The number of pyridine rings is 1. The molecule has 26 heavy (non-hydrogen) atoms. The third-order valence-electron chi connectivity index (χ3n) is 4.79. The van der Waals surface area contributed by atoms with E-state index in [0.717, 1.165) is 18.7 Å². The maximum absolute atomic E-state index is 6.04. The van der Waals surface area contributed by atoms with Gasteiger partial charge in [-0.1, -0.05) is 60.7 Å². The van der Waals surface area contributed by atoms with Crippen molar-refractivity contribution in [2.75, 3.05) is 13.1 Å². The molecule has 2 N–H and O–H groups in total. The van der Waals surface area contributed by atoms with E-state index in [9.17, 15) is 0 Å². The van der Waals surface area contributed by atoms with Crippen LogP contribution in [0.3, 0.4) is 0 Å². The Bertz CT molecular complexity index is 793. The third kappa shape index (κ3) is 3.62. The van der Waals surface area contributed by atoms with Gasteiger partial charge in [0.25, 0.3) is 0 Å². The fourth-order valence-corrected chi connectivity index (χ4v) is 3.45. The minimum absolute atomic E-state index is 0.158. The van der Waals surface area contributed by atoms with Gasteiger partial charge in [0.15, 0.2) is 0 Å². The third-order valence-corrected chi connectivity index (χ3v) is 4.79. The maximum atomic E-state index is 6.04. The van der Waals surface area contributed by atoms with E-state index in [-0.39, 0.29) is 12.1 Å². The second-order valence-corrected chi connectivity index (χ2v) is 6.62. The lowest BCUT2D eigenvalue weighted by atomic mass is 9.94. The molecule has 0 unspecified atom stereocenters. The highest BCUT2D eigenvalue weighted by atomic mass is 16.5. The Kier molecular flexibility index (Phi) is 4.95. The minimum atomic E-state index is 0.158. The Labute approximate surface area is 154 Å². The molecule has 2 aromatic carbocycles. The molecule has 132 valence electrons. The van der Waals surface area contributed by atoms with E-state index in [1.165, 1.54) is 11.1 Å². The van der Waals surface area contributed by atoms with E-state index in [1.54, 1.807) is 6.20 Å². The summed E-state index contributed by atoms with van der Waals surface area (Å²) in [5.41, 5.74) is 9.35. The van der Waals surface area contributed by atoms with Crippen LogP contribution in [0, 0.1) is 0 Å². The Morgan fingerprint density at radius 1 is 0.962 bits per heavy atom. The van der Waals surface area contributed by atoms with Gasteiger partial charge in [0.1, 0.15) is 6.10 Å². The molecule has 0 bridgehead atoms. The monoisotopic (exact) mass is 345 g/mol. The van der Waals surface area contributed by atoms with Crippen LogP contribution in [0.15, 0.2) is 79.0 Å². The average molecular weight is 345 g/mol. The first-order chi connectivity index (χ1) is 12.8. The summed E-state index contributed by atoms with van der Waals surface area (Å²) in [4.78, 5) is 6.75. The van der Waals surface area contributed by atoms with Gasteiger partial charge in [0, 0.05) is 31.9 Å². The van der Waals surface area contributed by atoms with Crippen LogP contribution in [0.2, 0.25) is 0 Å². The van der Waals surface area contributed by atoms with Crippen molar-refractivity contribution >= 4 is 0 Å². The molecule has 0 saturated carbocycles. The fraction of sp³-hybridized carbons (Fsp3) is 0.227. The molecule has 1 saturated heterocycles. The van der Waals surface area contributed by atoms with E-state index in [1.807, 2.05) is 12.1 Å². The molecule has 1 aliphatic rings. The Morgan fingerprint density at radius 2 is 1.58 bits per heavy atom. The minimum Gasteiger partial charge on any atom is -0.472 e. The first kappa shape index (κ1) is 16.8. The predicted octanol–water partition coefficient (Wildman–Crippen LogP) is 3.39. The lowest BCUT2D eigenvalue weighted by Crippen LogP contribution is -2.55. The molecule has 4 heteroatoms. The predicted molar refractivity (Wildman–Crippen MR) is 103 cm³/mol. The van der Waals surface area contributed by atoms with Crippen molar-refractivity contribution in [1.29, 1.82) is 0 Å². The molecule has 0 amide bonds. The lowest BCUT2D eigenvalue weighted by molar-refractivity contribution is -0.00219. The number of hydrogen-bond donors (Lipinski definition) is 1. The molecule has 4 nitrogen and oxygen atoms in total. The van der Waals surface area contributed by atoms with Gasteiger partial charge < -0.3 is 10.5 Å². The quantitative estimate of drug-likeness (QED) is 0.744. The number of nitrogens with two attached hydrogens (primary N) is 1. The summed E-state index contributed by atoms with van der Waals surface area (Å²) in [6.45, 7) is 2.26. The van der Waals surface area contributed by atoms with Gasteiger partial charge in [0.05, 0.1) is 6.04 Å². The second kappa shape index (κ2) is 7.68. The summed E-state index contributed by atoms with van der Waals surface area (Å²) in [6.07, 6.45) is 1.91. The normalized spacial score (nSPS) is 15.0. The first-order valence-electron chi connectivity index (χ1n) is 8.99. The van der Waals surface area contributed by atoms with Crippen molar-refractivity contribution in [3.8, 4) is 5.88 Å². The molecule has 4 rings (SSSR count). The zero-order valence-electron chi connectivity index (χ0n) is 14.7. The van der Waals surface area contributed by atoms with Crippen LogP contribution in [0.4, 0.5) is 0 Å². The SMILES string of the molecule is NCc1ccnc(OC2CN(C(c3ccccc3)c3ccccc3)C2)c1. The molecular weight excluding hydrogens is 322 g/mol. The summed E-state index contributed by atoms with van der Waals surface area (Å²) in [5, 5.41) is 0. The van der Waals surface area contributed by atoms with Gasteiger partial charge in [-0.05, 0) is 22.8 Å². The molecule has 1 fully saturated rings. The van der Waals surface area contributed by atoms with Crippen LogP contribution in [-0.2, 0) is 6.54 Å². The number of rotatable bonds is 6. The number of aromatic nitrogens is 1. The van der Waals surface area contributed by atoms with E-state index < -0.39 is 0 Å². The number of ether oxygens (including phenoxy) is 1. The summed E-state index contributed by atoms with van der Waals surface area (Å²) in [6, 6.07) is 25.4. The van der Waals surface area contributed by atoms with Gasteiger partial charge in [-0.15, -0.1) is 0 Å². The first-order valence-corrected chi connectivity index (χ1v) is 8.99. The van der Waals surface area contributed by atoms with Crippen molar-refractivity contribution in [3.05, 3.63) is 95.7 Å². The fourth-order valence-electron chi connectivity index (χ4n) is 3.45. The summed E-state index contributed by atoms with van der Waals surface area (Å²) < 4.78 is 6.04. The van der Waals surface area contributed by atoms with Gasteiger partial charge in [-0.3, -0.25) is 4.90 Å². The van der Waals surface area contributed by atoms with Crippen molar-refractivity contribution in [2.45, 2.75) is 18.7 Å². The van der Waals surface area contributed by atoms with Crippen LogP contribution in [0.5, 0.6) is 5.88 Å². The van der Waals surface area contributed by atoms with E-state index in [2.05, 4.69) is 70.5 Å². The van der Waals surface area contributed by atoms with Crippen LogP contribution in [0.1, 0.15) is 22.7 Å². The summed E-state index contributed by atoms with van der Waals surface area (Å²) >= 11 is 0. The van der Waals surface area contributed by atoms with Gasteiger partial charge in [-0.2, -0.15) is 0 Å². The summed E-state index contributed by atoms with van der Waals surface area (Å²) in [5.74, 6) is 0.661. The Hall–Kier alpha value is -2.69. The van der Waals surface area contributed by atoms with Crippen LogP contribution in [-0.4, -0.2) is 29.1 Å². The second-order valence-electron chi connectivity index (χ2n) is 6.62. The molecule has 2 heterocycles. The van der Waals surface area contributed by atoms with Crippen LogP contribution < -0.4 is 10.5 Å². The Balaban J connectivity index is 1.47. The summed E-state index contributed by atoms with van der Waals surface area (Å²) in [7, 11) is 0. The van der Waals surface area contributed by atoms with Gasteiger partial charge in [0.2, 0.25) is 5.88 Å². The molecule has 0 atom stereocenters. The topological polar surface area (TPSA) is 51.4 Å². The van der Waals surface area contributed by atoms with Crippen molar-refractivity contribution < 1.29 is 4.74 Å². The van der Waals surface area contributed by atoms with E-state index in [0.29, 0.717) is 12.4 Å². The smallest absolute Gasteiger partial charge is 0.213 e. The Morgan fingerprint density at radius 3 is 2.15 bits per heavy atom. The maximum Gasteiger partial charge on any atom is 0.213 e. The van der Waals surface area contributed by atoms with Crippen molar-refractivity contribution in [3.63, 3.8) is 0 Å².